The molecule has 1 atom stereocenters. The van der Waals surface area contributed by atoms with E-state index in [9.17, 15) is 14.7 Å². The number of likely N-dealkylation sites (tertiary alicyclic amines) is 1. The Morgan fingerprint density at radius 1 is 1.03 bits per heavy atom. The van der Waals surface area contributed by atoms with Crippen LogP contribution < -0.4 is 4.74 Å². The Balaban J connectivity index is 2.02. The highest BCUT2D eigenvalue weighted by molar-refractivity contribution is 6.46. The van der Waals surface area contributed by atoms with Crippen LogP contribution in [0.15, 0.2) is 60.2 Å². The molecule has 1 aliphatic heterocycles. The van der Waals surface area contributed by atoms with E-state index in [2.05, 4.69) is 0 Å². The molecule has 152 valence electrons. The zero-order chi connectivity index (χ0) is 20.8. The molecule has 0 saturated carbocycles. The van der Waals surface area contributed by atoms with Crippen LogP contribution in [0, 0.1) is 0 Å². The summed E-state index contributed by atoms with van der Waals surface area (Å²) in [6.45, 7) is 0.340. The zero-order valence-electron chi connectivity index (χ0n) is 16.1. The summed E-state index contributed by atoms with van der Waals surface area (Å²) in [6, 6.07) is 15.0. The highest BCUT2D eigenvalue weighted by Gasteiger charge is 2.45. The third-order valence-corrected chi connectivity index (χ3v) is 4.73. The minimum absolute atomic E-state index is 0.0357. The Bertz CT molecular complexity index is 891. The second-order valence-corrected chi connectivity index (χ2v) is 6.47. The zero-order valence-corrected chi connectivity index (χ0v) is 16.1. The van der Waals surface area contributed by atoms with Gasteiger partial charge in [-0.2, -0.15) is 0 Å². The van der Waals surface area contributed by atoms with Gasteiger partial charge >= 0.3 is 0 Å². The number of aliphatic hydroxyl groups excluding tert-OH is 2. The summed E-state index contributed by atoms with van der Waals surface area (Å²) in [6.07, 6.45) is 0. The van der Waals surface area contributed by atoms with Crippen LogP contribution in [0.3, 0.4) is 0 Å². The van der Waals surface area contributed by atoms with Crippen LogP contribution in [-0.4, -0.2) is 60.3 Å². The number of ketones is 1. The quantitative estimate of drug-likeness (QED) is 0.307. The number of rotatable bonds is 8. The molecule has 0 radical (unpaired) electrons. The Hall–Kier alpha value is -3.16. The fourth-order valence-electron chi connectivity index (χ4n) is 3.33. The Labute approximate surface area is 168 Å². The summed E-state index contributed by atoms with van der Waals surface area (Å²) in [5, 5.41) is 19.8. The van der Waals surface area contributed by atoms with E-state index in [1.165, 1.54) is 12.0 Å². The van der Waals surface area contributed by atoms with E-state index in [1.807, 2.05) is 18.2 Å². The van der Waals surface area contributed by atoms with Crippen LogP contribution in [0.25, 0.3) is 5.76 Å². The standard InChI is InChI=1S/C22H23NO6/c1-28-17-9-7-16(8-10-17)20(25)18-19(15-5-3-2-4-6-15)23(22(27)21(18)26)11-13-29-14-12-24/h2-10,19,24-25H,11-14H2,1H3/b20-18+. The van der Waals surface area contributed by atoms with Crippen molar-refractivity contribution in [2.75, 3.05) is 33.5 Å². The number of ether oxygens (including phenoxy) is 2. The van der Waals surface area contributed by atoms with E-state index in [4.69, 9.17) is 14.6 Å². The molecule has 1 unspecified atom stereocenters. The lowest BCUT2D eigenvalue weighted by atomic mass is 9.95. The first kappa shape index (κ1) is 20.6. The molecule has 0 aliphatic carbocycles. The second kappa shape index (κ2) is 9.36. The van der Waals surface area contributed by atoms with Crippen LogP contribution in [0.4, 0.5) is 0 Å². The summed E-state index contributed by atoms with van der Waals surface area (Å²) in [5.41, 5.74) is 1.17. The van der Waals surface area contributed by atoms with Crippen molar-refractivity contribution in [3.8, 4) is 5.75 Å². The third kappa shape index (κ3) is 4.31. The number of carbonyl (C=O) groups excluding carboxylic acids is 2. The third-order valence-electron chi connectivity index (χ3n) is 4.73. The van der Waals surface area contributed by atoms with Gasteiger partial charge in [-0.05, 0) is 29.8 Å². The van der Waals surface area contributed by atoms with Crippen LogP contribution in [0.1, 0.15) is 17.2 Å². The second-order valence-electron chi connectivity index (χ2n) is 6.47. The summed E-state index contributed by atoms with van der Waals surface area (Å²) in [7, 11) is 1.54. The van der Waals surface area contributed by atoms with E-state index >= 15 is 0 Å². The largest absolute Gasteiger partial charge is 0.507 e. The molecule has 1 amide bonds. The molecule has 7 nitrogen and oxygen atoms in total. The van der Waals surface area contributed by atoms with Gasteiger partial charge < -0.3 is 24.6 Å². The smallest absolute Gasteiger partial charge is 0.295 e. The molecule has 0 bridgehead atoms. The number of carbonyl (C=O) groups is 2. The van der Waals surface area contributed by atoms with Gasteiger partial charge in [0.2, 0.25) is 0 Å². The minimum atomic E-state index is -0.741. The van der Waals surface area contributed by atoms with Crippen LogP contribution in [-0.2, 0) is 14.3 Å². The average Bonchev–Trinajstić information content (AvgIpc) is 3.01. The van der Waals surface area contributed by atoms with Gasteiger partial charge in [0.15, 0.2) is 0 Å². The minimum Gasteiger partial charge on any atom is -0.507 e. The van der Waals surface area contributed by atoms with Crippen molar-refractivity contribution >= 4 is 17.4 Å². The molecular weight excluding hydrogens is 374 g/mol. The van der Waals surface area contributed by atoms with Crippen molar-refractivity contribution in [3.05, 3.63) is 71.3 Å². The molecule has 1 fully saturated rings. The van der Waals surface area contributed by atoms with Crippen molar-refractivity contribution in [2.24, 2.45) is 0 Å². The molecule has 0 aromatic heterocycles. The lowest BCUT2D eigenvalue weighted by molar-refractivity contribution is -0.140. The van der Waals surface area contributed by atoms with Gasteiger partial charge in [-0.15, -0.1) is 0 Å². The molecule has 1 aliphatic rings. The van der Waals surface area contributed by atoms with Gasteiger partial charge in [0, 0.05) is 12.1 Å². The number of hydrogen-bond donors (Lipinski definition) is 2. The van der Waals surface area contributed by atoms with Crippen LogP contribution in [0.2, 0.25) is 0 Å². The Morgan fingerprint density at radius 3 is 2.34 bits per heavy atom. The first-order chi connectivity index (χ1) is 14.1. The highest BCUT2D eigenvalue weighted by Crippen LogP contribution is 2.39. The molecular formula is C22H23NO6. The summed E-state index contributed by atoms with van der Waals surface area (Å²) < 4.78 is 10.4. The monoisotopic (exact) mass is 397 g/mol. The normalized spacial score (nSPS) is 18.3. The number of Topliss-reactive ketones (excluding diaryl/α,β-unsaturated/α-hetero) is 1. The van der Waals surface area contributed by atoms with Crippen molar-refractivity contribution < 1.29 is 29.3 Å². The average molecular weight is 397 g/mol. The predicted octanol–water partition coefficient (Wildman–Crippen LogP) is 2.13. The van der Waals surface area contributed by atoms with Gasteiger partial charge in [0.1, 0.15) is 11.5 Å². The topological polar surface area (TPSA) is 96.3 Å². The van der Waals surface area contributed by atoms with Gasteiger partial charge in [0.25, 0.3) is 11.7 Å². The first-order valence-electron chi connectivity index (χ1n) is 9.25. The van der Waals surface area contributed by atoms with Gasteiger partial charge in [-0.25, -0.2) is 0 Å². The molecule has 29 heavy (non-hydrogen) atoms. The number of amides is 1. The number of hydrogen-bond acceptors (Lipinski definition) is 6. The number of nitrogens with zero attached hydrogens (tertiary/aromatic N) is 1. The van der Waals surface area contributed by atoms with E-state index in [0.717, 1.165) is 0 Å². The first-order valence-corrected chi connectivity index (χ1v) is 9.25. The van der Waals surface area contributed by atoms with Crippen molar-refractivity contribution in [3.63, 3.8) is 0 Å². The van der Waals surface area contributed by atoms with E-state index in [1.54, 1.807) is 36.4 Å². The fraction of sp³-hybridized carbons (Fsp3) is 0.273. The Morgan fingerprint density at radius 2 is 1.72 bits per heavy atom. The van der Waals surface area contributed by atoms with Crippen LogP contribution in [0.5, 0.6) is 5.75 Å². The van der Waals surface area contributed by atoms with E-state index in [0.29, 0.717) is 16.9 Å². The lowest BCUT2D eigenvalue weighted by Crippen LogP contribution is -2.33. The van der Waals surface area contributed by atoms with Gasteiger partial charge in [-0.3, -0.25) is 9.59 Å². The molecule has 3 rings (SSSR count). The maximum Gasteiger partial charge on any atom is 0.295 e. The van der Waals surface area contributed by atoms with Gasteiger partial charge in [0.05, 0.1) is 38.5 Å². The molecule has 1 heterocycles. The molecule has 2 N–H and O–H groups in total. The number of benzene rings is 2. The fourth-order valence-corrected chi connectivity index (χ4v) is 3.33. The lowest BCUT2D eigenvalue weighted by Gasteiger charge is -2.25. The number of aliphatic hydroxyl groups is 2. The van der Waals surface area contributed by atoms with Crippen molar-refractivity contribution in [2.45, 2.75) is 6.04 Å². The van der Waals surface area contributed by atoms with E-state index in [-0.39, 0.29) is 37.7 Å². The summed E-state index contributed by atoms with van der Waals surface area (Å²) in [4.78, 5) is 26.9. The summed E-state index contributed by atoms with van der Waals surface area (Å²) >= 11 is 0. The highest BCUT2D eigenvalue weighted by atomic mass is 16.5. The molecule has 2 aromatic carbocycles. The van der Waals surface area contributed by atoms with Crippen LogP contribution >= 0.6 is 0 Å². The Kier molecular flexibility index (Phi) is 6.64. The molecule has 1 saturated heterocycles. The van der Waals surface area contributed by atoms with Crippen molar-refractivity contribution in [1.82, 2.24) is 4.90 Å². The van der Waals surface area contributed by atoms with E-state index < -0.39 is 17.7 Å². The number of methoxy groups -OCH3 is 1. The maximum absolute atomic E-state index is 12.8. The molecule has 2 aromatic rings. The molecule has 0 spiro atoms. The molecule has 7 heteroatoms. The predicted molar refractivity (Wildman–Crippen MR) is 106 cm³/mol. The summed E-state index contributed by atoms with van der Waals surface area (Å²) in [5.74, 6) is -1.06. The maximum atomic E-state index is 12.8. The van der Waals surface area contributed by atoms with Gasteiger partial charge in [-0.1, -0.05) is 30.3 Å². The van der Waals surface area contributed by atoms with Crippen molar-refractivity contribution in [1.29, 1.82) is 0 Å². The SMILES string of the molecule is COc1ccc(/C(O)=C2\C(=O)C(=O)N(CCOCCO)C2c2ccccc2)cc1.